The number of nitrogens with zero attached hydrogens (tertiary/aromatic N) is 5. The molecule has 6 rings (SSSR count). The molecule has 11 nitrogen and oxygen atoms in total. The Morgan fingerprint density at radius 2 is 1.65 bits per heavy atom. The lowest BCUT2D eigenvalue weighted by Crippen LogP contribution is -2.58. The number of piperazine rings is 1. The summed E-state index contributed by atoms with van der Waals surface area (Å²) in [5.41, 5.74) is -1.13. The van der Waals surface area contributed by atoms with Crippen LogP contribution < -0.4 is 15.5 Å². The summed E-state index contributed by atoms with van der Waals surface area (Å²) in [6.07, 6.45) is 1.76. The summed E-state index contributed by atoms with van der Waals surface area (Å²) in [5, 5.41) is 14.8. The number of piperidine rings is 1. The van der Waals surface area contributed by atoms with Crippen molar-refractivity contribution in [3.8, 4) is 6.07 Å². The molecule has 2 aromatic rings. The molecule has 1 saturated carbocycles. The standard InChI is InChI=1S/C41H50F3N7O4S.ClH/c1-25-22-48(23-26(2)49(25)24-36(53)46-30-12-9-28(10-13-30)33-17-18-35(52)47-37(33)54)19-5-6-27-7-14-31(15-8-27)51-39(56)50(38(55)40(51,3)4)32-16-11-29(21-45)34(20-32)41(42,43)44;/h9-13,16,20,25-27,31,33H,5-8,14-15,17-19,22-24H2,1-4H3,(H,46,53)(H,47,52,54);1H/t25-,26+,27-,31-,33?;. The molecule has 4 aliphatic rings. The fourth-order valence-electron chi connectivity index (χ4n) is 9.09. The zero-order chi connectivity index (χ0) is 40.5. The van der Waals surface area contributed by atoms with E-state index in [1.165, 1.54) is 11.0 Å². The highest BCUT2D eigenvalue weighted by atomic mass is 35.5. The fourth-order valence-corrected chi connectivity index (χ4v) is 9.65. The lowest BCUT2D eigenvalue weighted by Gasteiger charge is -2.44. The summed E-state index contributed by atoms with van der Waals surface area (Å²) in [6.45, 7) is 10.8. The van der Waals surface area contributed by atoms with E-state index in [4.69, 9.17) is 12.2 Å². The van der Waals surface area contributed by atoms with Crippen LogP contribution in [0.2, 0.25) is 0 Å². The third-order valence-electron chi connectivity index (χ3n) is 12.0. The first kappa shape index (κ1) is 44.0. The van der Waals surface area contributed by atoms with Crippen LogP contribution >= 0.6 is 24.6 Å². The van der Waals surface area contributed by atoms with Gasteiger partial charge < -0.3 is 15.1 Å². The zero-order valence-electron chi connectivity index (χ0n) is 32.7. The zero-order valence-corrected chi connectivity index (χ0v) is 34.4. The highest BCUT2D eigenvalue weighted by molar-refractivity contribution is 7.80. The number of hydrogen-bond acceptors (Lipinski definition) is 8. The molecule has 2 aromatic carbocycles. The number of benzene rings is 2. The molecule has 1 aliphatic carbocycles. The Morgan fingerprint density at radius 3 is 2.25 bits per heavy atom. The van der Waals surface area contributed by atoms with Gasteiger partial charge in [-0.05, 0) is 133 Å². The summed E-state index contributed by atoms with van der Waals surface area (Å²) >= 11 is 5.77. The Morgan fingerprint density at radius 1 is 1.00 bits per heavy atom. The van der Waals surface area contributed by atoms with Crippen LogP contribution in [-0.4, -0.2) is 93.3 Å². The molecule has 3 saturated heterocycles. The molecule has 308 valence electrons. The van der Waals surface area contributed by atoms with Gasteiger partial charge in [0.15, 0.2) is 5.11 Å². The minimum Gasteiger partial charge on any atom is -0.331 e. The molecule has 0 spiro atoms. The normalized spacial score (nSPS) is 25.8. The van der Waals surface area contributed by atoms with Gasteiger partial charge in [0.25, 0.3) is 5.91 Å². The number of rotatable bonds is 10. The van der Waals surface area contributed by atoms with Crippen molar-refractivity contribution in [3.05, 3.63) is 59.2 Å². The summed E-state index contributed by atoms with van der Waals surface area (Å²) < 4.78 is 41.2. The molecule has 3 heterocycles. The van der Waals surface area contributed by atoms with E-state index in [0.29, 0.717) is 24.4 Å². The Balaban J connectivity index is 0.00000620. The maximum atomic E-state index is 13.7. The number of carbonyl (C=O) groups is 4. The number of nitriles is 1. The molecule has 16 heteroatoms. The summed E-state index contributed by atoms with van der Waals surface area (Å²) in [7, 11) is 0. The van der Waals surface area contributed by atoms with Gasteiger partial charge in [-0.2, -0.15) is 18.4 Å². The Bertz CT molecular complexity index is 1890. The molecule has 4 amide bonds. The number of alkyl halides is 3. The van der Waals surface area contributed by atoms with Crippen molar-refractivity contribution in [1.29, 1.82) is 5.26 Å². The number of nitrogens with one attached hydrogen (secondary N) is 2. The molecule has 1 unspecified atom stereocenters. The molecule has 2 N–H and O–H groups in total. The highest BCUT2D eigenvalue weighted by Crippen LogP contribution is 2.41. The number of anilines is 2. The van der Waals surface area contributed by atoms with Gasteiger partial charge >= 0.3 is 6.18 Å². The van der Waals surface area contributed by atoms with Gasteiger partial charge in [-0.25, -0.2) is 0 Å². The predicted octanol–water partition coefficient (Wildman–Crippen LogP) is 6.60. The SMILES string of the molecule is C[C@@H]1CN(CCC[C@H]2CC[C@H](N3C(=S)N(c4ccc(C#N)c(C(F)(F)F)c4)C(=O)C3(C)C)CC2)C[C@H](C)N1CC(=O)Nc1ccc(C2CCC(=O)NC2=O)cc1.Cl. The second kappa shape index (κ2) is 17.8. The lowest BCUT2D eigenvalue weighted by atomic mass is 9.82. The number of carbonyl (C=O) groups excluding carboxylic acids is 4. The molecule has 4 fully saturated rings. The van der Waals surface area contributed by atoms with Crippen molar-refractivity contribution in [2.75, 3.05) is 36.4 Å². The van der Waals surface area contributed by atoms with E-state index in [1.807, 2.05) is 17.0 Å². The molecule has 0 radical (unpaired) electrons. The summed E-state index contributed by atoms with van der Waals surface area (Å²) in [5.74, 6) is -0.855. The van der Waals surface area contributed by atoms with E-state index < -0.39 is 22.8 Å². The van der Waals surface area contributed by atoms with Crippen LogP contribution in [0.5, 0.6) is 0 Å². The van der Waals surface area contributed by atoms with E-state index >= 15 is 0 Å². The third-order valence-corrected chi connectivity index (χ3v) is 12.4. The van der Waals surface area contributed by atoms with Crippen molar-refractivity contribution in [2.24, 2.45) is 5.92 Å². The highest BCUT2D eigenvalue weighted by Gasteiger charge is 2.52. The maximum Gasteiger partial charge on any atom is 0.417 e. The van der Waals surface area contributed by atoms with Crippen molar-refractivity contribution in [3.63, 3.8) is 0 Å². The number of imide groups is 1. The van der Waals surface area contributed by atoms with Crippen molar-refractivity contribution in [2.45, 2.75) is 115 Å². The van der Waals surface area contributed by atoms with Crippen molar-refractivity contribution >= 4 is 64.7 Å². The smallest absolute Gasteiger partial charge is 0.331 e. The van der Waals surface area contributed by atoms with Crippen LogP contribution in [0.25, 0.3) is 0 Å². The van der Waals surface area contributed by atoms with Crippen LogP contribution in [0, 0.1) is 17.2 Å². The Labute approximate surface area is 343 Å². The average Bonchev–Trinajstić information content (AvgIpc) is 3.32. The maximum absolute atomic E-state index is 13.7. The van der Waals surface area contributed by atoms with Gasteiger partial charge in [0.2, 0.25) is 17.7 Å². The van der Waals surface area contributed by atoms with Crippen LogP contribution in [0.4, 0.5) is 24.5 Å². The van der Waals surface area contributed by atoms with Gasteiger partial charge in [0.1, 0.15) is 5.54 Å². The molecule has 0 bridgehead atoms. The molecular formula is C41H51ClF3N7O4S. The van der Waals surface area contributed by atoms with Crippen LogP contribution in [0.15, 0.2) is 42.5 Å². The lowest BCUT2D eigenvalue weighted by molar-refractivity contribution is -0.138. The number of halogens is 4. The van der Waals surface area contributed by atoms with Gasteiger partial charge in [-0.3, -0.25) is 34.3 Å². The molecule has 57 heavy (non-hydrogen) atoms. The second-order valence-corrected chi connectivity index (χ2v) is 16.7. The number of thiocarbonyl (C=S) groups is 1. The Kier molecular flexibility index (Phi) is 13.7. The van der Waals surface area contributed by atoms with Crippen molar-refractivity contribution < 1.29 is 32.3 Å². The van der Waals surface area contributed by atoms with E-state index in [1.54, 1.807) is 32.0 Å². The Hall–Kier alpha value is -4.10. The first-order chi connectivity index (χ1) is 26.5. The van der Waals surface area contributed by atoms with Gasteiger partial charge in [-0.15, -0.1) is 12.4 Å². The van der Waals surface area contributed by atoms with Crippen LogP contribution in [0.1, 0.15) is 102 Å². The number of amides is 4. The average molecular weight is 830 g/mol. The van der Waals surface area contributed by atoms with Crippen LogP contribution in [-0.2, 0) is 25.4 Å². The second-order valence-electron chi connectivity index (χ2n) is 16.3. The minimum atomic E-state index is -4.75. The first-order valence-corrected chi connectivity index (χ1v) is 19.9. The van der Waals surface area contributed by atoms with Crippen LogP contribution in [0.3, 0.4) is 0 Å². The van der Waals surface area contributed by atoms with E-state index in [-0.39, 0.29) is 77.4 Å². The topological polar surface area (TPSA) is 129 Å². The van der Waals surface area contributed by atoms with Gasteiger partial charge in [0, 0.05) is 43.3 Å². The van der Waals surface area contributed by atoms with E-state index in [9.17, 15) is 37.6 Å². The van der Waals surface area contributed by atoms with Gasteiger partial charge in [0.05, 0.1) is 35.3 Å². The van der Waals surface area contributed by atoms with E-state index in [2.05, 4.69) is 34.3 Å². The van der Waals surface area contributed by atoms with E-state index in [0.717, 1.165) is 75.9 Å². The monoisotopic (exact) mass is 829 g/mol. The largest absolute Gasteiger partial charge is 0.417 e. The third kappa shape index (κ3) is 9.62. The summed E-state index contributed by atoms with van der Waals surface area (Å²) in [6, 6.07) is 12.5. The molecule has 3 atom stereocenters. The molecule has 3 aliphatic heterocycles. The minimum absolute atomic E-state index is 0. The predicted molar refractivity (Wildman–Crippen MR) is 217 cm³/mol. The number of hydrogen-bond donors (Lipinski definition) is 2. The van der Waals surface area contributed by atoms with Crippen molar-refractivity contribution in [1.82, 2.24) is 20.0 Å². The molecule has 0 aromatic heterocycles. The quantitative estimate of drug-likeness (QED) is 0.201. The fraction of sp³-hybridized carbons (Fsp3) is 0.561. The first-order valence-electron chi connectivity index (χ1n) is 19.5. The van der Waals surface area contributed by atoms with Gasteiger partial charge in [-0.1, -0.05) is 12.1 Å². The molecular weight excluding hydrogens is 779 g/mol. The summed E-state index contributed by atoms with van der Waals surface area (Å²) in [4.78, 5) is 58.2.